The number of hydrogen-bond donors (Lipinski definition) is 6. The third-order valence-electron chi connectivity index (χ3n) is 10.5. The molecular weight excluding hydrogens is 753 g/mol. The van der Waals surface area contributed by atoms with Crippen molar-refractivity contribution in [3.05, 3.63) is 84.7 Å². The van der Waals surface area contributed by atoms with E-state index in [-0.39, 0.29) is 41.7 Å². The first-order valence-electron chi connectivity index (χ1n) is 19.2. The zero-order valence-corrected chi connectivity index (χ0v) is 32.4. The summed E-state index contributed by atoms with van der Waals surface area (Å²) in [5.41, 5.74) is 16.5. The summed E-state index contributed by atoms with van der Waals surface area (Å²) in [6, 6.07) is 18.8. The van der Waals surface area contributed by atoms with Crippen LogP contribution < -0.4 is 45.7 Å². The molecule has 4 aromatic heterocycles. The van der Waals surface area contributed by atoms with Gasteiger partial charge in [-0.1, -0.05) is 12.1 Å². The number of ether oxygens (including phenoxy) is 4. The quantitative estimate of drug-likeness (QED) is 0.0668. The minimum absolute atomic E-state index is 0.0325. The number of methoxy groups -OCH3 is 2. The van der Waals surface area contributed by atoms with Crippen LogP contribution in [0, 0.1) is 22.7 Å². The molecular formula is C41H43N14O4+. The molecule has 2 aromatic carbocycles. The number of aromatic nitrogens is 8. The average molecular weight is 796 g/mol. The number of nitrogens with one attached hydrogen (secondary N) is 4. The maximum absolute atomic E-state index is 9.31. The van der Waals surface area contributed by atoms with E-state index in [0.29, 0.717) is 83.2 Å². The molecule has 8 N–H and O–H groups in total. The molecule has 2 aliphatic carbocycles. The maximum atomic E-state index is 9.31. The third kappa shape index (κ3) is 8.40. The van der Waals surface area contributed by atoms with Gasteiger partial charge in [-0.3, -0.25) is 5.10 Å². The number of aromatic amines is 2. The number of nitrogens with two attached hydrogens (primary N) is 2. The van der Waals surface area contributed by atoms with Gasteiger partial charge in [0.15, 0.2) is 17.2 Å². The second-order valence-corrected chi connectivity index (χ2v) is 14.4. The maximum Gasteiger partial charge on any atom is 0.302 e. The second kappa shape index (κ2) is 17.1. The number of nitriles is 2. The molecule has 59 heavy (non-hydrogen) atoms. The number of rotatable bonds is 13. The molecule has 2 aliphatic rings. The largest absolute Gasteiger partial charge is 0.496 e. The van der Waals surface area contributed by atoms with E-state index >= 15 is 0 Å². The van der Waals surface area contributed by atoms with Crippen molar-refractivity contribution >= 4 is 23.3 Å². The highest BCUT2D eigenvalue weighted by Crippen LogP contribution is 2.42. The Balaban J connectivity index is 1.07. The highest BCUT2D eigenvalue weighted by atomic mass is 16.5. The van der Waals surface area contributed by atoms with Crippen LogP contribution in [0.1, 0.15) is 56.0 Å². The van der Waals surface area contributed by atoms with Crippen LogP contribution in [0.2, 0.25) is 0 Å². The lowest BCUT2D eigenvalue weighted by Crippen LogP contribution is -2.47. The highest BCUT2D eigenvalue weighted by Gasteiger charge is 2.35. The summed E-state index contributed by atoms with van der Waals surface area (Å²) in [6.45, 7) is 0. The standard InChI is InChI=1S/C41H42N14O4/c1-56-32-5-3-7-34(40(32)29-15-36(53-52-29)50-37-21-46-24(17-42)19-48-37)58-27-10-9-26(13-23(44)14-27)55-39(51-38-22-47-25(18-43)20-49-38)16-30(54-55)41-33(57-2)6-4-8-35(41)59-31-12-11-28(31)45/h3-8,15-16,19-23,26-28,31H,9-14,44-45H2,1-2H3,(H3,46,47,48,49,50,51,52,53,54)/p+1/t23-,26?,27-,28+,31+/m1/s1. The molecule has 2 saturated carbocycles. The number of nitrogens with zero attached hydrogens (tertiary/aromatic N) is 8. The van der Waals surface area contributed by atoms with Crippen LogP contribution >= 0.6 is 0 Å². The Bertz CT molecular complexity index is 2490. The molecule has 18 heteroatoms. The number of hydrogen-bond acceptors (Lipinski definition) is 15. The number of H-pyrrole nitrogens is 2. The lowest BCUT2D eigenvalue weighted by atomic mass is 9.90. The fourth-order valence-corrected chi connectivity index (χ4v) is 7.43. The molecule has 300 valence electrons. The predicted octanol–water partition coefficient (Wildman–Crippen LogP) is 4.95. The first-order valence-corrected chi connectivity index (χ1v) is 19.2. The molecule has 8 rings (SSSR count). The van der Waals surface area contributed by atoms with Gasteiger partial charge in [0.2, 0.25) is 5.82 Å². The lowest BCUT2D eigenvalue weighted by Gasteiger charge is -2.34. The molecule has 4 heterocycles. The van der Waals surface area contributed by atoms with Crippen LogP contribution in [-0.4, -0.2) is 73.7 Å². The van der Waals surface area contributed by atoms with Crippen LogP contribution in [-0.2, 0) is 0 Å². The Hall–Kier alpha value is -7.28. The van der Waals surface area contributed by atoms with Crippen molar-refractivity contribution in [3.8, 4) is 57.7 Å². The Morgan fingerprint density at radius 3 is 1.95 bits per heavy atom. The first kappa shape index (κ1) is 38.6. The third-order valence-corrected chi connectivity index (χ3v) is 10.5. The van der Waals surface area contributed by atoms with Crippen LogP contribution in [0.25, 0.3) is 22.5 Å². The fourth-order valence-electron chi connectivity index (χ4n) is 7.43. The summed E-state index contributed by atoms with van der Waals surface area (Å²) in [5, 5.41) is 36.0. The van der Waals surface area contributed by atoms with Gasteiger partial charge in [-0.25, -0.2) is 30.4 Å². The first-order chi connectivity index (χ1) is 28.8. The Kier molecular flexibility index (Phi) is 11.2. The topological polar surface area (TPSA) is 261 Å². The van der Waals surface area contributed by atoms with Gasteiger partial charge in [0.05, 0.1) is 67.6 Å². The molecule has 0 amide bonds. The van der Waals surface area contributed by atoms with Gasteiger partial charge in [0.1, 0.15) is 59.2 Å². The molecule has 0 spiro atoms. The lowest BCUT2D eigenvalue weighted by molar-refractivity contribution is -0.761. The Morgan fingerprint density at radius 2 is 1.36 bits per heavy atom. The van der Waals surface area contributed by atoms with E-state index in [1.165, 1.54) is 24.8 Å². The van der Waals surface area contributed by atoms with Crippen LogP contribution in [0.3, 0.4) is 0 Å². The molecule has 1 unspecified atom stereocenters. The minimum atomic E-state index is -0.230. The molecule has 0 bridgehead atoms. The van der Waals surface area contributed by atoms with Crippen molar-refractivity contribution in [2.24, 2.45) is 11.5 Å². The van der Waals surface area contributed by atoms with Crippen LogP contribution in [0.15, 0.2) is 73.3 Å². The van der Waals surface area contributed by atoms with Gasteiger partial charge in [-0.15, -0.1) is 0 Å². The normalized spacial score (nSPS) is 19.9. The zero-order chi connectivity index (χ0) is 40.9. The van der Waals surface area contributed by atoms with Gasteiger partial charge >= 0.3 is 5.82 Å². The average Bonchev–Trinajstić information content (AvgIpc) is 3.85. The van der Waals surface area contributed by atoms with E-state index in [0.717, 1.165) is 24.1 Å². The van der Waals surface area contributed by atoms with E-state index in [1.54, 1.807) is 14.2 Å². The molecule has 0 radical (unpaired) electrons. The monoisotopic (exact) mass is 795 g/mol. The van der Waals surface area contributed by atoms with Gasteiger partial charge in [0, 0.05) is 24.6 Å². The molecule has 0 aliphatic heterocycles. The van der Waals surface area contributed by atoms with Crippen molar-refractivity contribution in [2.75, 3.05) is 24.9 Å². The molecule has 2 fully saturated rings. The zero-order valence-electron chi connectivity index (χ0n) is 32.4. The summed E-state index contributed by atoms with van der Waals surface area (Å²) in [6.07, 6.45) is 9.92. The second-order valence-electron chi connectivity index (χ2n) is 14.4. The van der Waals surface area contributed by atoms with Gasteiger partial charge in [0.25, 0.3) is 0 Å². The van der Waals surface area contributed by atoms with E-state index in [9.17, 15) is 5.26 Å². The van der Waals surface area contributed by atoms with Gasteiger partial charge in [-0.2, -0.15) is 20.3 Å². The minimum Gasteiger partial charge on any atom is -0.496 e. The van der Waals surface area contributed by atoms with Crippen molar-refractivity contribution in [1.29, 1.82) is 10.5 Å². The fraction of sp³-hybridized carbons (Fsp3) is 0.317. The van der Waals surface area contributed by atoms with Gasteiger partial charge in [-0.05, 0) is 56.4 Å². The van der Waals surface area contributed by atoms with Crippen LogP contribution in [0.5, 0.6) is 23.0 Å². The van der Waals surface area contributed by atoms with E-state index in [1.807, 2.05) is 60.7 Å². The Labute approximate surface area is 339 Å². The number of anilines is 4. The molecule has 5 atom stereocenters. The molecule has 0 saturated heterocycles. The summed E-state index contributed by atoms with van der Waals surface area (Å²) in [7, 11) is 3.24. The SMILES string of the molecule is COc1cccc(O[C@@H]2CCC([n+]3[nH]c(-c4c(OC)cccc4O[C@H]4CC[C@@H]4N)cc3Nc3cnc(C#N)cn3)C[C@@H](N)C2)c1-c1cc(Nc2cnc(C#N)cn2)n[nH]1. The van der Waals surface area contributed by atoms with E-state index in [2.05, 4.69) is 50.5 Å². The smallest absolute Gasteiger partial charge is 0.302 e. The molecule has 6 aromatic rings. The molecule has 18 nitrogen and oxygen atoms in total. The summed E-state index contributed by atoms with van der Waals surface area (Å²) in [5.74, 6) is 4.60. The van der Waals surface area contributed by atoms with Crippen molar-refractivity contribution in [1.82, 2.24) is 35.2 Å². The summed E-state index contributed by atoms with van der Waals surface area (Å²) >= 11 is 0. The van der Waals surface area contributed by atoms with Crippen LogP contribution in [0.4, 0.5) is 23.3 Å². The van der Waals surface area contributed by atoms with E-state index in [4.69, 9.17) is 35.7 Å². The predicted molar refractivity (Wildman–Crippen MR) is 215 cm³/mol. The van der Waals surface area contributed by atoms with Gasteiger partial charge < -0.3 is 35.7 Å². The Morgan fingerprint density at radius 1 is 0.712 bits per heavy atom. The van der Waals surface area contributed by atoms with Crippen molar-refractivity contribution < 1.29 is 23.6 Å². The summed E-state index contributed by atoms with van der Waals surface area (Å²) < 4.78 is 27.0. The van der Waals surface area contributed by atoms with E-state index < -0.39 is 0 Å². The summed E-state index contributed by atoms with van der Waals surface area (Å²) in [4.78, 5) is 16.9. The highest BCUT2D eigenvalue weighted by molar-refractivity contribution is 5.77. The van der Waals surface area contributed by atoms with Crippen molar-refractivity contribution in [3.63, 3.8) is 0 Å². The van der Waals surface area contributed by atoms with Crippen molar-refractivity contribution in [2.45, 2.75) is 68.9 Å². The number of benzene rings is 2.